The molecule has 5 rings (SSSR count). The molecule has 2 aliphatic heterocycles. The molecule has 0 N–H and O–H groups in total. The number of anilines is 1. The van der Waals surface area contributed by atoms with Crippen LogP contribution in [0.15, 0.2) is 72.8 Å². The van der Waals surface area contributed by atoms with Gasteiger partial charge in [0, 0.05) is 22.9 Å². The molecule has 3 nitrogen and oxygen atoms in total. The zero-order valence-corrected chi connectivity index (χ0v) is 14.6. The molecule has 128 valence electrons. The quantitative estimate of drug-likeness (QED) is 0.630. The van der Waals surface area contributed by atoms with Gasteiger partial charge < -0.3 is 9.64 Å². The SMILES string of the molecule is CC1Cc2ccccc2N1C(=O)C1c2ccccc2Oc2ccccc21. The lowest BCUT2D eigenvalue weighted by Crippen LogP contribution is -2.40. The molecule has 0 bridgehead atoms. The number of benzene rings is 3. The summed E-state index contributed by atoms with van der Waals surface area (Å²) < 4.78 is 6.05. The smallest absolute Gasteiger partial charge is 0.239 e. The van der Waals surface area contributed by atoms with Crippen LogP contribution in [-0.2, 0) is 11.2 Å². The number of fused-ring (bicyclic) bond motifs is 3. The topological polar surface area (TPSA) is 29.5 Å². The number of carbonyl (C=O) groups is 1. The Kier molecular flexibility index (Phi) is 3.35. The molecule has 3 aromatic rings. The summed E-state index contributed by atoms with van der Waals surface area (Å²) in [6.07, 6.45) is 0.897. The fourth-order valence-corrected chi connectivity index (χ4v) is 4.22. The zero-order chi connectivity index (χ0) is 17.7. The van der Waals surface area contributed by atoms with E-state index in [9.17, 15) is 4.79 Å². The Hall–Kier alpha value is -3.07. The third kappa shape index (κ3) is 2.17. The van der Waals surface area contributed by atoms with Gasteiger partial charge in [-0.15, -0.1) is 0 Å². The van der Waals surface area contributed by atoms with Crippen LogP contribution in [0.2, 0.25) is 0 Å². The lowest BCUT2D eigenvalue weighted by atomic mass is 9.86. The van der Waals surface area contributed by atoms with E-state index in [1.807, 2.05) is 71.6 Å². The van der Waals surface area contributed by atoms with Gasteiger partial charge in [-0.2, -0.15) is 0 Å². The first-order valence-electron chi connectivity index (χ1n) is 9.01. The molecule has 0 fully saturated rings. The van der Waals surface area contributed by atoms with Gasteiger partial charge in [0.05, 0.1) is 5.92 Å². The second-order valence-corrected chi connectivity index (χ2v) is 7.00. The van der Waals surface area contributed by atoms with Gasteiger partial charge >= 0.3 is 0 Å². The number of hydrogen-bond acceptors (Lipinski definition) is 2. The molecule has 1 atom stereocenters. The van der Waals surface area contributed by atoms with Crippen LogP contribution in [-0.4, -0.2) is 11.9 Å². The van der Waals surface area contributed by atoms with E-state index in [0.29, 0.717) is 0 Å². The van der Waals surface area contributed by atoms with E-state index in [0.717, 1.165) is 34.7 Å². The van der Waals surface area contributed by atoms with E-state index in [4.69, 9.17) is 4.74 Å². The first-order chi connectivity index (χ1) is 12.7. The Morgan fingerprint density at radius 1 is 0.885 bits per heavy atom. The molecular formula is C23H19NO2. The normalized spacial score (nSPS) is 17.9. The lowest BCUT2D eigenvalue weighted by molar-refractivity contribution is -0.119. The average Bonchev–Trinajstić information content (AvgIpc) is 3.01. The van der Waals surface area contributed by atoms with E-state index < -0.39 is 0 Å². The van der Waals surface area contributed by atoms with Crippen LogP contribution in [0.1, 0.15) is 29.5 Å². The summed E-state index contributed by atoms with van der Waals surface area (Å²) in [5.74, 6) is 1.31. The highest BCUT2D eigenvalue weighted by molar-refractivity contribution is 6.03. The van der Waals surface area contributed by atoms with Crippen molar-refractivity contribution < 1.29 is 9.53 Å². The molecule has 26 heavy (non-hydrogen) atoms. The summed E-state index contributed by atoms with van der Waals surface area (Å²) in [5.41, 5.74) is 4.15. The van der Waals surface area contributed by atoms with Crippen molar-refractivity contribution in [3.8, 4) is 11.5 Å². The lowest BCUT2D eigenvalue weighted by Gasteiger charge is -2.32. The maximum atomic E-state index is 13.8. The summed E-state index contributed by atoms with van der Waals surface area (Å²) in [4.78, 5) is 15.7. The molecule has 0 aromatic heterocycles. The van der Waals surface area contributed by atoms with Crippen LogP contribution < -0.4 is 9.64 Å². The molecule has 1 unspecified atom stereocenters. The Bertz CT molecular complexity index is 965. The standard InChI is InChI=1S/C23H19NO2/c1-15-14-16-8-2-5-11-19(16)24(15)23(25)22-17-9-3-6-12-20(17)26-21-13-7-4-10-18(21)22/h2-13,15,22H,14H2,1H3. The molecule has 3 heteroatoms. The highest BCUT2D eigenvalue weighted by Gasteiger charge is 2.39. The van der Waals surface area contributed by atoms with Gasteiger partial charge in [-0.25, -0.2) is 0 Å². The van der Waals surface area contributed by atoms with Crippen LogP contribution in [0.25, 0.3) is 0 Å². The molecular weight excluding hydrogens is 322 g/mol. The van der Waals surface area contributed by atoms with Gasteiger partial charge in [-0.3, -0.25) is 4.79 Å². The summed E-state index contributed by atoms with van der Waals surface area (Å²) in [5, 5.41) is 0. The van der Waals surface area contributed by atoms with Gasteiger partial charge in [0.1, 0.15) is 11.5 Å². The van der Waals surface area contributed by atoms with Gasteiger partial charge in [-0.05, 0) is 37.1 Å². The van der Waals surface area contributed by atoms with Crippen molar-refractivity contribution in [2.75, 3.05) is 4.90 Å². The van der Waals surface area contributed by atoms with Crippen LogP contribution >= 0.6 is 0 Å². The second-order valence-electron chi connectivity index (χ2n) is 7.00. The molecule has 0 saturated carbocycles. The maximum Gasteiger partial charge on any atom is 0.239 e. The molecule has 2 aliphatic rings. The maximum absolute atomic E-state index is 13.8. The van der Waals surface area contributed by atoms with Crippen LogP contribution in [0, 0.1) is 0 Å². The van der Waals surface area contributed by atoms with Gasteiger partial charge in [-0.1, -0.05) is 54.6 Å². The van der Waals surface area contributed by atoms with Crippen LogP contribution in [0.4, 0.5) is 5.69 Å². The largest absolute Gasteiger partial charge is 0.457 e. The Labute approximate surface area is 152 Å². The average molecular weight is 341 g/mol. The molecule has 1 amide bonds. The number of amides is 1. The predicted molar refractivity (Wildman–Crippen MR) is 102 cm³/mol. The van der Waals surface area contributed by atoms with Crippen molar-refractivity contribution in [2.24, 2.45) is 0 Å². The number of rotatable bonds is 1. The minimum atomic E-state index is -0.343. The number of carbonyl (C=O) groups excluding carboxylic acids is 1. The van der Waals surface area contributed by atoms with Crippen LogP contribution in [0.5, 0.6) is 11.5 Å². The molecule has 3 aromatic carbocycles. The fraction of sp³-hybridized carbons (Fsp3) is 0.174. The number of ether oxygens (including phenoxy) is 1. The second kappa shape index (κ2) is 5.73. The summed E-state index contributed by atoms with van der Waals surface area (Å²) in [6, 6.07) is 24.1. The van der Waals surface area contributed by atoms with Crippen molar-refractivity contribution in [2.45, 2.75) is 25.3 Å². The van der Waals surface area contributed by atoms with Crippen molar-refractivity contribution in [3.05, 3.63) is 89.5 Å². The Balaban J connectivity index is 1.66. The number of para-hydroxylation sites is 3. The van der Waals surface area contributed by atoms with Crippen molar-refractivity contribution in [3.63, 3.8) is 0 Å². The molecule has 0 spiro atoms. The molecule has 0 radical (unpaired) electrons. The predicted octanol–water partition coefficient (Wildman–Crippen LogP) is 4.90. The van der Waals surface area contributed by atoms with Crippen molar-refractivity contribution in [1.82, 2.24) is 0 Å². The van der Waals surface area contributed by atoms with Crippen LogP contribution in [0.3, 0.4) is 0 Å². The van der Waals surface area contributed by atoms with E-state index >= 15 is 0 Å². The van der Waals surface area contributed by atoms with Crippen molar-refractivity contribution in [1.29, 1.82) is 0 Å². The molecule has 0 aliphatic carbocycles. The third-order valence-corrected chi connectivity index (χ3v) is 5.37. The Morgan fingerprint density at radius 2 is 1.46 bits per heavy atom. The summed E-state index contributed by atoms with van der Waals surface area (Å²) in [6.45, 7) is 2.12. The number of hydrogen-bond donors (Lipinski definition) is 0. The number of nitrogens with zero attached hydrogens (tertiary/aromatic N) is 1. The zero-order valence-electron chi connectivity index (χ0n) is 14.6. The van der Waals surface area contributed by atoms with Crippen molar-refractivity contribution >= 4 is 11.6 Å². The minimum absolute atomic E-state index is 0.116. The molecule has 0 saturated heterocycles. The third-order valence-electron chi connectivity index (χ3n) is 5.37. The van der Waals surface area contributed by atoms with Gasteiger partial charge in [0.15, 0.2) is 0 Å². The summed E-state index contributed by atoms with van der Waals surface area (Å²) >= 11 is 0. The highest BCUT2D eigenvalue weighted by atomic mass is 16.5. The fourth-order valence-electron chi connectivity index (χ4n) is 4.22. The highest BCUT2D eigenvalue weighted by Crippen LogP contribution is 2.46. The summed E-state index contributed by atoms with van der Waals surface area (Å²) in [7, 11) is 0. The van der Waals surface area contributed by atoms with E-state index in [-0.39, 0.29) is 17.9 Å². The van der Waals surface area contributed by atoms with Gasteiger partial charge in [0.25, 0.3) is 0 Å². The van der Waals surface area contributed by atoms with Gasteiger partial charge in [0.2, 0.25) is 5.91 Å². The minimum Gasteiger partial charge on any atom is -0.457 e. The monoisotopic (exact) mass is 341 g/mol. The van der Waals surface area contributed by atoms with E-state index in [1.54, 1.807) is 0 Å². The Morgan fingerprint density at radius 3 is 2.15 bits per heavy atom. The first-order valence-corrected chi connectivity index (χ1v) is 9.01. The first kappa shape index (κ1) is 15.2. The van der Waals surface area contributed by atoms with E-state index in [2.05, 4.69) is 13.0 Å². The van der Waals surface area contributed by atoms with E-state index in [1.165, 1.54) is 5.56 Å². The molecule has 2 heterocycles.